The minimum atomic E-state index is -0.324. The van der Waals surface area contributed by atoms with Crippen LogP contribution in [-0.4, -0.2) is 39.4 Å². The van der Waals surface area contributed by atoms with Crippen LogP contribution in [0.1, 0.15) is 5.82 Å². The lowest BCUT2D eigenvalue weighted by atomic mass is 10.3. The third-order valence-corrected chi connectivity index (χ3v) is 3.70. The number of anilines is 1. The van der Waals surface area contributed by atoms with E-state index in [4.69, 9.17) is 16.3 Å². The first-order chi connectivity index (χ1) is 12.6. The fourth-order valence-corrected chi connectivity index (χ4v) is 2.35. The molecule has 0 radical (unpaired) electrons. The first kappa shape index (κ1) is 17.7. The number of nitrogens with zero attached hydrogens (tertiary/aromatic N) is 4. The number of hydrogen-bond acceptors (Lipinski definition) is 5. The largest absolute Gasteiger partial charge is 0.492 e. The summed E-state index contributed by atoms with van der Waals surface area (Å²) in [7, 11) is 0. The Morgan fingerprint density at radius 1 is 1.23 bits per heavy atom. The second-order valence-corrected chi connectivity index (χ2v) is 5.81. The van der Waals surface area contributed by atoms with Crippen molar-refractivity contribution in [2.24, 2.45) is 0 Å². The van der Waals surface area contributed by atoms with Gasteiger partial charge in [-0.05, 0) is 59.8 Å². The lowest BCUT2D eigenvalue weighted by molar-refractivity contribution is 0.247. The fraction of sp³-hybridized carbons (Fsp3) is 0.176. The number of rotatable bonds is 6. The van der Waals surface area contributed by atoms with Crippen LogP contribution in [0.2, 0.25) is 5.02 Å². The quantitative estimate of drug-likeness (QED) is 0.649. The molecule has 3 rings (SSSR count). The normalized spacial score (nSPS) is 10.4. The molecule has 2 amide bonds. The molecule has 26 heavy (non-hydrogen) atoms. The number of hydrogen-bond donors (Lipinski definition) is 2. The Labute approximate surface area is 155 Å². The summed E-state index contributed by atoms with van der Waals surface area (Å²) in [6.07, 6.45) is 0. The Balaban J connectivity index is 1.47. The maximum Gasteiger partial charge on any atom is 0.319 e. The third kappa shape index (κ3) is 4.70. The van der Waals surface area contributed by atoms with Crippen molar-refractivity contribution in [3.8, 4) is 11.4 Å². The number of amides is 2. The van der Waals surface area contributed by atoms with Crippen LogP contribution >= 0.6 is 11.6 Å². The number of aromatic nitrogens is 4. The zero-order chi connectivity index (χ0) is 18.4. The van der Waals surface area contributed by atoms with Gasteiger partial charge in [-0.1, -0.05) is 17.7 Å². The summed E-state index contributed by atoms with van der Waals surface area (Å²) >= 11 is 5.81. The second kappa shape index (κ2) is 8.30. The van der Waals surface area contributed by atoms with Crippen molar-refractivity contribution in [3.63, 3.8) is 0 Å². The van der Waals surface area contributed by atoms with Crippen LogP contribution in [-0.2, 0) is 0 Å². The van der Waals surface area contributed by atoms with Gasteiger partial charge in [0.1, 0.15) is 12.4 Å². The molecule has 9 heteroatoms. The van der Waals surface area contributed by atoms with Gasteiger partial charge in [0.15, 0.2) is 5.82 Å². The summed E-state index contributed by atoms with van der Waals surface area (Å²) < 4.78 is 7.10. The molecule has 8 nitrogen and oxygen atoms in total. The van der Waals surface area contributed by atoms with Crippen molar-refractivity contribution in [2.45, 2.75) is 6.92 Å². The standard InChI is InChI=1S/C17H17ClN6O2/c1-12-21-22-23-24(12)15-4-2-3-14(11-15)20-17(25)19-9-10-26-16-7-5-13(18)6-8-16/h2-8,11H,9-10H2,1H3,(H2,19,20,25). The van der Waals surface area contributed by atoms with Gasteiger partial charge in [-0.3, -0.25) is 0 Å². The van der Waals surface area contributed by atoms with Gasteiger partial charge >= 0.3 is 6.03 Å². The number of carbonyl (C=O) groups excluding carboxylic acids is 1. The van der Waals surface area contributed by atoms with E-state index >= 15 is 0 Å². The highest BCUT2D eigenvalue weighted by atomic mass is 35.5. The number of ether oxygens (including phenoxy) is 1. The van der Waals surface area contributed by atoms with Crippen LogP contribution in [0.25, 0.3) is 5.69 Å². The first-order valence-electron chi connectivity index (χ1n) is 7.90. The van der Waals surface area contributed by atoms with Gasteiger partial charge in [-0.25, -0.2) is 4.79 Å². The Bertz CT molecular complexity index is 881. The number of benzene rings is 2. The lowest BCUT2D eigenvalue weighted by Crippen LogP contribution is -2.32. The van der Waals surface area contributed by atoms with Crippen LogP contribution < -0.4 is 15.4 Å². The predicted octanol–water partition coefficient (Wildman–Crippen LogP) is 2.82. The molecule has 0 unspecified atom stereocenters. The molecule has 0 fully saturated rings. The first-order valence-corrected chi connectivity index (χ1v) is 8.28. The molecule has 1 heterocycles. The smallest absolute Gasteiger partial charge is 0.319 e. The van der Waals surface area contributed by atoms with Crippen LogP contribution in [0, 0.1) is 6.92 Å². The van der Waals surface area contributed by atoms with Gasteiger partial charge in [0.25, 0.3) is 0 Å². The van der Waals surface area contributed by atoms with Crippen molar-refractivity contribution < 1.29 is 9.53 Å². The molecule has 134 valence electrons. The third-order valence-electron chi connectivity index (χ3n) is 3.44. The van der Waals surface area contributed by atoms with E-state index in [9.17, 15) is 4.79 Å². The zero-order valence-electron chi connectivity index (χ0n) is 14.0. The molecule has 0 saturated heterocycles. The SMILES string of the molecule is Cc1nnnn1-c1cccc(NC(=O)NCCOc2ccc(Cl)cc2)c1. The predicted molar refractivity (Wildman–Crippen MR) is 97.9 cm³/mol. The van der Waals surface area contributed by atoms with E-state index in [2.05, 4.69) is 26.2 Å². The van der Waals surface area contributed by atoms with E-state index in [0.29, 0.717) is 35.4 Å². The van der Waals surface area contributed by atoms with Crippen LogP contribution in [0.3, 0.4) is 0 Å². The van der Waals surface area contributed by atoms with Crippen LogP contribution in [0.15, 0.2) is 48.5 Å². The highest BCUT2D eigenvalue weighted by Gasteiger charge is 2.06. The molecule has 0 bridgehead atoms. The molecule has 3 aromatic rings. The van der Waals surface area contributed by atoms with E-state index in [-0.39, 0.29) is 6.03 Å². The van der Waals surface area contributed by atoms with E-state index in [0.717, 1.165) is 5.69 Å². The molecule has 1 aromatic heterocycles. The molecule has 2 N–H and O–H groups in total. The minimum Gasteiger partial charge on any atom is -0.492 e. The summed E-state index contributed by atoms with van der Waals surface area (Å²) in [5.41, 5.74) is 1.39. The Hall–Kier alpha value is -3.13. The molecule has 0 atom stereocenters. The minimum absolute atomic E-state index is 0.324. The van der Waals surface area contributed by atoms with Crippen molar-refractivity contribution >= 4 is 23.3 Å². The fourth-order valence-electron chi connectivity index (χ4n) is 2.23. The number of halogens is 1. The Kier molecular flexibility index (Phi) is 5.65. The number of urea groups is 1. The van der Waals surface area contributed by atoms with Gasteiger partial charge in [0, 0.05) is 10.7 Å². The Morgan fingerprint density at radius 2 is 2.04 bits per heavy atom. The van der Waals surface area contributed by atoms with Gasteiger partial charge in [0.2, 0.25) is 0 Å². The monoisotopic (exact) mass is 372 g/mol. The van der Waals surface area contributed by atoms with Gasteiger partial charge in [-0.2, -0.15) is 4.68 Å². The van der Waals surface area contributed by atoms with Crippen molar-refractivity contribution in [2.75, 3.05) is 18.5 Å². The van der Waals surface area contributed by atoms with E-state index in [1.165, 1.54) is 0 Å². The van der Waals surface area contributed by atoms with Crippen LogP contribution in [0.4, 0.5) is 10.5 Å². The van der Waals surface area contributed by atoms with E-state index in [1.807, 2.05) is 12.1 Å². The molecular formula is C17H17ClN6O2. The topological polar surface area (TPSA) is 94.0 Å². The van der Waals surface area contributed by atoms with Gasteiger partial charge in [0.05, 0.1) is 12.2 Å². The Morgan fingerprint density at radius 3 is 2.77 bits per heavy atom. The highest BCUT2D eigenvalue weighted by molar-refractivity contribution is 6.30. The van der Waals surface area contributed by atoms with Gasteiger partial charge in [-0.15, -0.1) is 5.10 Å². The zero-order valence-corrected chi connectivity index (χ0v) is 14.8. The van der Waals surface area contributed by atoms with Crippen molar-refractivity contribution in [1.82, 2.24) is 25.5 Å². The summed E-state index contributed by atoms with van der Waals surface area (Å²) in [5.74, 6) is 1.35. The number of carbonyl (C=O) groups is 1. The maximum absolute atomic E-state index is 12.0. The average Bonchev–Trinajstić information content (AvgIpc) is 3.06. The van der Waals surface area contributed by atoms with Crippen molar-refractivity contribution in [3.05, 3.63) is 59.4 Å². The second-order valence-electron chi connectivity index (χ2n) is 5.37. The number of nitrogens with one attached hydrogen (secondary N) is 2. The molecule has 0 spiro atoms. The molecular weight excluding hydrogens is 356 g/mol. The highest BCUT2D eigenvalue weighted by Crippen LogP contribution is 2.15. The molecule has 2 aromatic carbocycles. The number of aryl methyl sites for hydroxylation is 1. The maximum atomic E-state index is 12.0. The summed E-state index contributed by atoms with van der Waals surface area (Å²) in [4.78, 5) is 12.0. The molecule has 0 aliphatic carbocycles. The van der Waals surface area contributed by atoms with Crippen molar-refractivity contribution in [1.29, 1.82) is 0 Å². The molecule has 0 saturated carbocycles. The average molecular weight is 373 g/mol. The summed E-state index contributed by atoms with van der Waals surface area (Å²) in [5, 5.41) is 17.5. The van der Waals surface area contributed by atoms with E-state index in [1.54, 1.807) is 48.0 Å². The molecule has 0 aliphatic rings. The summed E-state index contributed by atoms with van der Waals surface area (Å²) in [6.45, 7) is 2.51. The number of tetrazole rings is 1. The lowest BCUT2D eigenvalue weighted by Gasteiger charge is -2.10. The molecule has 0 aliphatic heterocycles. The van der Waals surface area contributed by atoms with Crippen LogP contribution in [0.5, 0.6) is 5.75 Å². The summed E-state index contributed by atoms with van der Waals surface area (Å²) in [6, 6.07) is 14.0. The van der Waals surface area contributed by atoms with Gasteiger partial charge < -0.3 is 15.4 Å². The van der Waals surface area contributed by atoms with E-state index < -0.39 is 0 Å².